The summed E-state index contributed by atoms with van der Waals surface area (Å²) in [5.74, 6) is -0.635. The molecule has 18 heavy (non-hydrogen) atoms. The summed E-state index contributed by atoms with van der Waals surface area (Å²) in [6, 6.07) is 3.73. The SMILES string of the molecule is COC(=O)c1cscc1OC(=O)Cc1cccs1. The van der Waals surface area contributed by atoms with Gasteiger partial charge in [-0.15, -0.1) is 22.7 Å². The highest BCUT2D eigenvalue weighted by atomic mass is 32.1. The van der Waals surface area contributed by atoms with Gasteiger partial charge in [-0.3, -0.25) is 4.79 Å². The van der Waals surface area contributed by atoms with Crippen molar-refractivity contribution >= 4 is 34.6 Å². The molecule has 2 aromatic rings. The van der Waals surface area contributed by atoms with Gasteiger partial charge in [0.1, 0.15) is 5.56 Å². The second-order valence-electron chi connectivity index (χ2n) is 3.37. The predicted octanol–water partition coefficient (Wildman–Crippen LogP) is 2.74. The predicted molar refractivity (Wildman–Crippen MR) is 69.3 cm³/mol. The summed E-state index contributed by atoms with van der Waals surface area (Å²) >= 11 is 2.77. The van der Waals surface area contributed by atoms with Gasteiger partial charge in [0.05, 0.1) is 13.5 Å². The summed E-state index contributed by atoms with van der Waals surface area (Å²) in [6.07, 6.45) is 0.203. The normalized spacial score (nSPS) is 10.1. The van der Waals surface area contributed by atoms with Crippen LogP contribution in [0.3, 0.4) is 0 Å². The van der Waals surface area contributed by atoms with Crippen LogP contribution in [0.1, 0.15) is 15.2 Å². The molecule has 0 atom stereocenters. The number of carbonyl (C=O) groups excluding carboxylic acids is 2. The van der Waals surface area contributed by atoms with E-state index < -0.39 is 5.97 Å². The van der Waals surface area contributed by atoms with Crippen molar-refractivity contribution in [2.45, 2.75) is 6.42 Å². The molecule has 2 heterocycles. The van der Waals surface area contributed by atoms with E-state index in [2.05, 4.69) is 4.74 Å². The third kappa shape index (κ3) is 2.96. The first-order chi connectivity index (χ1) is 8.70. The minimum Gasteiger partial charge on any atom is -0.465 e. The topological polar surface area (TPSA) is 52.6 Å². The van der Waals surface area contributed by atoms with Gasteiger partial charge in [0, 0.05) is 15.6 Å². The van der Waals surface area contributed by atoms with Crippen LogP contribution in [0, 0.1) is 0 Å². The Bertz CT molecular complexity index is 542. The van der Waals surface area contributed by atoms with Crippen LogP contribution in [0.2, 0.25) is 0 Å². The van der Waals surface area contributed by atoms with E-state index in [0.29, 0.717) is 0 Å². The lowest BCUT2D eigenvalue weighted by atomic mass is 10.3. The fourth-order valence-electron chi connectivity index (χ4n) is 1.34. The van der Waals surface area contributed by atoms with E-state index in [9.17, 15) is 9.59 Å². The fourth-order valence-corrected chi connectivity index (χ4v) is 2.74. The van der Waals surface area contributed by atoms with Crippen LogP contribution in [-0.2, 0) is 16.0 Å². The average Bonchev–Trinajstić information content (AvgIpc) is 2.99. The van der Waals surface area contributed by atoms with Gasteiger partial charge in [-0.1, -0.05) is 6.07 Å². The number of thiophene rings is 2. The largest absolute Gasteiger partial charge is 0.465 e. The van der Waals surface area contributed by atoms with Crippen molar-refractivity contribution in [2.24, 2.45) is 0 Å². The monoisotopic (exact) mass is 282 g/mol. The van der Waals surface area contributed by atoms with Gasteiger partial charge in [0.2, 0.25) is 0 Å². The zero-order valence-electron chi connectivity index (χ0n) is 9.54. The molecule has 0 saturated carbocycles. The van der Waals surface area contributed by atoms with Crippen molar-refractivity contribution in [1.29, 1.82) is 0 Å². The molecule has 0 N–H and O–H groups in total. The molecule has 2 rings (SSSR count). The Hall–Kier alpha value is -1.66. The van der Waals surface area contributed by atoms with Crippen LogP contribution in [-0.4, -0.2) is 19.0 Å². The third-order valence-electron chi connectivity index (χ3n) is 2.15. The molecule has 0 amide bonds. The van der Waals surface area contributed by atoms with E-state index in [1.807, 2.05) is 17.5 Å². The number of rotatable bonds is 4. The van der Waals surface area contributed by atoms with Gasteiger partial charge in [0.15, 0.2) is 5.75 Å². The maximum atomic E-state index is 11.7. The van der Waals surface area contributed by atoms with Crippen molar-refractivity contribution in [3.63, 3.8) is 0 Å². The minimum absolute atomic E-state index is 0.203. The fraction of sp³-hybridized carbons (Fsp3) is 0.167. The molecule has 6 heteroatoms. The standard InChI is InChI=1S/C12H10O4S2/c1-15-12(14)9-6-17-7-10(9)16-11(13)5-8-3-2-4-18-8/h2-4,6-7H,5H2,1H3. The first kappa shape index (κ1) is 12.8. The molecule has 0 bridgehead atoms. The molecule has 0 aliphatic carbocycles. The molecule has 4 nitrogen and oxygen atoms in total. The average molecular weight is 282 g/mol. The number of hydrogen-bond donors (Lipinski definition) is 0. The van der Waals surface area contributed by atoms with Crippen LogP contribution < -0.4 is 4.74 Å². The van der Waals surface area contributed by atoms with E-state index in [1.165, 1.54) is 29.8 Å². The molecular weight excluding hydrogens is 272 g/mol. The number of esters is 2. The molecule has 94 valence electrons. The zero-order valence-corrected chi connectivity index (χ0v) is 11.2. The smallest absolute Gasteiger partial charge is 0.342 e. The second-order valence-corrected chi connectivity index (χ2v) is 5.15. The van der Waals surface area contributed by atoms with Crippen LogP contribution >= 0.6 is 22.7 Å². The van der Waals surface area contributed by atoms with Crippen molar-refractivity contribution in [3.05, 3.63) is 38.7 Å². The molecule has 2 aromatic heterocycles. The molecule has 0 aliphatic heterocycles. The number of carbonyl (C=O) groups is 2. The molecule has 0 aromatic carbocycles. The Labute approximate surface area is 112 Å². The number of methoxy groups -OCH3 is 1. The lowest BCUT2D eigenvalue weighted by Gasteiger charge is -2.03. The summed E-state index contributed by atoms with van der Waals surface area (Å²) in [7, 11) is 1.29. The molecule has 0 aliphatic rings. The van der Waals surface area contributed by atoms with E-state index >= 15 is 0 Å². The Balaban J connectivity index is 2.03. The summed E-state index contributed by atoms with van der Waals surface area (Å²) in [6.45, 7) is 0. The van der Waals surface area contributed by atoms with E-state index in [-0.39, 0.29) is 23.7 Å². The van der Waals surface area contributed by atoms with Crippen molar-refractivity contribution in [1.82, 2.24) is 0 Å². The zero-order chi connectivity index (χ0) is 13.0. The van der Waals surface area contributed by atoms with E-state index in [1.54, 1.807) is 10.8 Å². The Morgan fingerprint density at radius 2 is 2.17 bits per heavy atom. The summed E-state index contributed by atoms with van der Waals surface area (Å²) in [5, 5.41) is 5.10. The molecular formula is C12H10O4S2. The summed E-state index contributed by atoms with van der Waals surface area (Å²) in [5.41, 5.74) is 0.280. The Morgan fingerprint density at radius 1 is 1.33 bits per heavy atom. The van der Waals surface area contributed by atoms with E-state index in [4.69, 9.17) is 4.74 Å². The first-order valence-electron chi connectivity index (χ1n) is 5.08. The van der Waals surface area contributed by atoms with Crippen LogP contribution in [0.5, 0.6) is 5.75 Å². The van der Waals surface area contributed by atoms with Gasteiger partial charge in [-0.2, -0.15) is 0 Å². The molecule has 0 fully saturated rings. The Kier molecular flexibility index (Phi) is 4.11. The van der Waals surface area contributed by atoms with E-state index in [0.717, 1.165) is 4.88 Å². The highest BCUT2D eigenvalue weighted by Crippen LogP contribution is 2.25. The highest BCUT2D eigenvalue weighted by Gasteiger charge is 2.17. The molecule has 0 spiro atoms. The minimum atomic E-state index is -0.504. The van der Waals surface area contributed by atoms with Crippen molar-refractivity contribution < 1.29 is 19.1 Å². The van der Waals surface area contributed by atoms with Crippen LogP contribution in [0.25, 0.3) is 0 Å². The van der Waals surface area contributed by atoms with Crippen LogP contribution in [0.4, 0.5) is 0 Å². The lowest BCUT2D eigenvalue weighted by molar-refractivity contribution is -0.133. The molecule has 0 saturated heterocycles. The van der Waals surface area contributed by atoms with Gasteiger partial charge >= 0.3 is 11.9 Å². The van der Waals surface area contributed by atoms with Crippen LogP contribution in [0.15, 0.2) is 28.3 Å². The highest BCUT2D eigenvalue weighted by molar-refractivity contribution is 7.10. The van der Waals surface area contributed by atoms with Gasteiger partial charge in [0.25, 0.3) is 0 Å². The first-order valence-corrected chi connectivity index (χ1v) is 6.90. The maximum absolute atomic E-state index is 11.7. The quantitative estimate of drug-likeness (QED) is 0.809. The summed E-state index contributed by atoms with van der Waals surface area (Å²) in [4.78, 5) is 24.0. The van der Waals surface area contributed by atoms with Gasteiger partial charge in [-0.05, 0) is 11.4 Å². The van der Waals surface area contributed by atoms with Gasteiger partial charge < -0.3 is 9.47 Å². The molecule has 0 unspecified atom stereocenters. The molecule has 0 radical (unpaired) electrons. The maximum Gasteiger partial charge on any atom is 0.342 e. The number of hydrogen-bond acceptors (Lipinski definition) is 6. The third-order valence-corrected chi connectivity index (χ3v) is 3.75. The lowest BCUT2D eigenvalue weighted by Crippen LogP contribution is -2.12. The van der Waals surface area contributed by atoms with Crippen molar-refractivity contribution in [2.75, 3.05) is 7.11 Å². The Morgan fingerprint density at radius 3 is 2.83 bits per heavy atom. The van der Waals surface area contributed by atoms with Crippen molar-refractivity contribution in [3.8, 4) is 5.75 Å². The second kappa shape index (κ2) is 5.79. The number of ether oxygens (including phenoxy) is 2. The van der Waals surface area contributed by atoms with Gasteiger partial charge in [-0.25, -0.2) is 4.79 Å². The summed E-state index contributed by atoms with van der Waals surface area (Å²) < 4.78 is 9.76.